The first-order chi connectivity index (χ1) is 15.0. The molecule has 0 radical (unpaired) electrons. The van der Waals surface area contributed by atoms with Crippen LogP contribution >= 0.6 is 0 Å². The monoisotopic (exact) mass is 471 g/mol. The van der Waals surface area contributed by atoms with Gasteiger partial charge in [0, 0.05) is 26.2 Å². The fraction of sp³-hybridized carbons (Fsp3) is 0.500. The smallest absolute Gasteiger partial charge is 0.321 e. The number of amides is 3. The molecule has 0 spiro atoms. The van der Waals surface area contributed by atoms with E-state index in [9.17, 15) is 32.9 Å². The Morgan fingerprint density at radius 2 is 1.88 bits per heavy atom. The highest BCUT2D eigenvalue weighted by Gasteiger charge is 2.23. The summed E-state index contributed by atoms with van der Waals surface area (Å²) >= 11 is 0. The number of hydrogen-bond donors (Lipinski definition) is 3. The lowest BCUT2D eigenvalue weighted by Crippen LogP contribution is -2.45. The topological polar surface area (TPSA) is 177 Å². The van der Waals surface area contributed by atoms with Gasteiger partial charge in [-0.15, -0.1) is 0 Å². The zero-order valence-electron chi connectivity index (χ0n) is 17.6. The quantitative estimate of drug-likeness (QED) is 0.259. The van der Waals surface area contributed by atoms with E-state index in [-0.39, 0.29) is 11.7 Å². The van der Waals surface area contributed by atoms with Crippen molar-refractivity contribution in [2.75, 3.05) is 32.1 Å². The SMILES string of the molecule is CN(C)c1ccc(S(=O)(=O)NCC(=O)OCC(=O)NC(=O)NC2CCCC2)cc1[N+](=O)[O-]. The normalized spacial score (nSPS) is 13.9. The molecule has 1 aliphatic rings. The van der Waals surface area contributed by atoms with Crippen molar-refractivity contribution in [3.05, 3.63) is 28.3 Å². The summed E-state index contributed by atoms with van der Waals surface area (Å²) in [7, 11) is -1.13. The third kappa shape index (κ3) is 7.16. The summed E-state index contributed by atoms with van der Waals surface area (Å²) in [6.07, 6.45) is 3.66. The number of ether oxygens (including phenoxy) is 1. The summed E-state index contributed by atoms with van der Waals surface area (Å²) in [5.41, 5.74) is -0.218. The van der Waals surface area contributed by atoms with Crippen LogP contribution in [-0.4, -0.2) is 64.5 Å². The summed E-state index contributed by atoms with van der Waals surface area (Å²) in [5.74, 6) is -1.94. The zero-order valence-corrected chi connectivity index (χ0v) is 18.4. The number of esters is 1. The first-order valence-electron chi connectivity index (χ1n) is 9.71. The third-order valence-corrected chi connectivity index (χ3v) is 6.05. The average Bonchev–Trinajstić information content (AvgIpc) is 3.23. The zero-order chi connectivity index (χ0) is 23.9. The molecule has 176 valence electrons. The summed E-state index contributed by atoms with van der Waals surface area (Å²) in [4.78, 5) is 46.7. The summed E-state index contributed by atoms with van der Waals surface area (Å²) in [6, 6.07) is 2.61. The Kier molecular flexibility index (Phi) is 8.48. The Balaban J connectivity index is 1.85. The molecule has 1 fully saturated rings. The van der Waals surface area contributed by atoms with Gasteiger partial charge in [0.2, 0.25) is 10.0 Å². The highest BCUT2D eigenvalue weighted by Crippen LogP contribution is 2.29. The molecule has 1 aliphatic carbocycles. The Morgan fingerprint density at radius 1 is 1.22 bits per heavy atom. The molecule has 3 amide bonds. The predicted octanol–water partition coefficient (Wildman–Crippen LogP) is 0.251. The van der Waals surface area contributed by atoms with Crippen molar-refractivity contribution in [1.29, 1.82) is 0 Å². The minimum atomic E-state index is -4.26. The molecule has 14 heteroatoms. The number of anilines is 1. The Bertz CT molecular complexity index is 989. The molecule has 0 heterocycles. The van der Waals surface area contributed by atoms with Crippen molar-refractivity contribution in [3.63, 3.8) is 0 Å². The number of urea groups is 1. The van der Waals surface area contributed by atoms with Crippen LogP contribution in [-0.2, 0) is 24.3 Å². The van der Waals surface area contributed by atoms with E-state index in [2.05, 4.69) is 10.1 Å². The van der Waals surface area contributed by atoms with Gasteiger partial charge in [-0.25, -0.2) is 13.2 Å². The number of nitrogens with one attached hydrogen (secondary N) is 3. The Morgan fingerprint density at radius 3 is 2.47 bits per heavy atom. The number of carbonyl (C=O) groups excluding carboxylic acids is 3. The van der Waals surface area contributed by atoms with Crippen LogP contribution in [0.3, 0.4) is 0 Å². The average molecular weight is 471 g/mol. The molecule has 2 rings (SSSR count). The first kappa shape index (κ1) is 25.0. The minimum Gasteiger partial charge on any atom is -0.455 e. The van der Waals surface area contributed by atoms with Gasteiger partial charge in [0.05, 0.1) is 9.82 Å². The van der Waals surface area contributed by atoms with Crippen molar-refractivity contribution in [1.82, 2.24) is 15.4 Å². The molecule has 0 saturated heterocycles. The molecule has 0 bridgehead atoms. The molecule has 1 aromatic carbocycles. The maximum absolute atomic E-state index is 12.4. The number of carbonyl (C=O) groups is 3. The molecule has 0 unspecified atom stereocenters. The van der Waals surface area contributed by atoms with E-state index in [1.54, 1.807) is 14.1 Å². The minimum absolute atomic E-state index is 0.00220. The summed E-state index contributed by atoms with van der Waals surface area (Å²) < 4.78 is 31.3. The van der Waals surface area contributed by atoms with Crippen LogP contribution in [0.2, 0.25) is 0 Å². The number of rotatable bonds is 9. The van der Waals surface area contributed by atoms with E-state index in [0.29, 0.717) is 0 Å². The molecule has 0 aliphatic heterocycles. The summed E-state index contributed by atoms with van der Waals surface area (Å²) in [6.45, 7) is -1.59. The van der Waals surface area contributed by atoms with Crippen LogP contribution in [0.4, 0.5) is 16.2 Å². The van der Waals surface area contributed by atoms with Crippen molar-refractivity contribution < 1.29 is 32.5 Å². The Hall–Kier alpha value is -3.26. The van der Waals surface area contributed by atoms with Gasteiger partial charge in [-0.1, -0.05) is 12.8 Å². The number of nitrogens with zero attached hydrogens (tertiary/aromatic N) is 2. The van der Waals surface area contributed by atoms with E-state index < -0.39 is 56.6 Å². The fourth-order valence-corrected chi connectivity index (χ4v) is 4.07. The van der Waals surface area contributed by atoms with E-state index in [1.165, 1.54) is 11.0 Å². The number of sulfonamides is 1. The van der Waals surface area contributed by atoms with Gasteiger partial charge >= 0.3 is 12.0 Å². The molecule has 1 saturated carbocycles. The van der Waals surface area contributed by atoms with Gasteiger partial charge in [0.15, 0.2) is 6.61 Å². The maximum Gasteiger partial charge on any atom is 0.321 e. The third-order valence-electron chi connectivity index (χ3n) is 4.65. The van der Waals surface area contributed by atoms with E-state index in [0.717, 1.165) is 37.8 Å². The first-order valence-corrected chi connectivity index (χ1v) is 11.2. The van der Waals surface area contributed by atoms with E-state index in [1.807, 2.05) is 10.0 Å². The van der Waals surface area contributed by atoms with E-state index >= 15 is 0 Å². The van der Waals surface area contributed by atoms with Crippen molar-refractivity contribution in [2.45, 2.75) is 36.6 Å². The van der Waals surface area contributed by atoms with Gasteiger partial charge in [-0.05, 0) is 25.0 Å². The van der Waals surface area contributed by atoms with Crippen molar-refractivity contribution >= 4 is 39.3 Å². The van der Waals surface area contributed by atoms with Crippen molar-refractivity contribution in [2.24, 2.45) is 0 Å². The van der Waals surface area contributed by atoms with Crippen LogP contribution < -0.4 is 20.3 Å². The lowest BCUT2D eigenvalue weighted by Gasteiger charge is -2.14. The highest BCUT2D eigenvalue weighted by molar-refractivity contribution is 7.89. The van der Waals surface area contributed by atoms with Gasteiger partial charge < -0.3 is 15.0 Å². The van der Waals surface area contributed by atoms with Crippen LogP contribution in [0.25, 0.3) is 0 Å². The standard InChI is InChI=1S/C18H25N5O8S/c1-22(2)14-8-7-13(9-15(14)23(27)28)32(29,30)19-10-17(25)31-11-16(24)21-18(26)20-12-5-3-4-6-12/h7-9,12,19H,3-6,10-11H2,1-2H3,(H2,20,21,24,26). The van der Waals surface area contributed by atoms with Crippen LogP contribution in [0.5, 0.6) is 0 Å². The molecule has 0 aromatic heterocycles. The van der Waals surface area contributed by atoms with Crippen LogP contribution in [0.1, 0.15) is 25.7 Å². The number of hydrogen-bond acceptors (Lipinski definition) is 9. The lowest BCUT2D eigenvalue weighted by atomic mass is 10.2. The molecule has 13 nitrogen and oxygen atoms in total. The molecule has 0 atom stereocenters. The summed E-state index contributed by atoms with van der Waals surface area (Å²) in [5, 5.41) is 15.9. The van der Waals surface area contributed by atoms with Crippen LogP contribution in [0, 0.1) is 10.1 Å². The van der Waals surface area contributed by atoms with Gasteiger partial charge in [-0.2, -0.15) is 4.72 Å². The van der Waals surface area contributed by atoms with Gasteiger partial charge in [0.25, 0.3) is 11.6 Å². The number of benzene rings is 1. The van der Waals surface area contributed by atoms with Gasteiger partial charge in [-0.3, -0.25) is 25.0 Å². The molecular formula is C18H25N5O8S. The number of nitro benzene ring substituents is 1. The largest absolute Gasteiger partial charge is 0.455 e. The van der Waals surface area contributed by atoms with Crippen molar-refractivity contribution in [3.8, 4) is 0 Å². The van der Waals surface area contributed by atoms with Gasteiger partial charge in [0.1, 0.15) is 12.2 Å². The molecule has 1 aromatic rings. The maximum atomic E-state index is 12.4. The second-order valence-electron chi connectivity index (χ2n) is 7.29. The Labute approximate surface area is 184 Å². The van der Waals surface area contributed by atoms with Crippen LogP contribution in [0.15, 0.2) is 23.1 Å². The molecular weight excluding hydrogens is 446 g/mol. The lowest BCUT2D eigenvalue weighted by molar-refractivity contribution is -0.384. The number of nitro groups is 1. The fourth-order valence-electron chi connectivity index (χ4n) is 3.08. The second-order valence-corrected chi connectivity index (χ2v) is 9.06. The second kappa shape index (κ2) is 10.9. The molecule has 32 heavy (non-hydrogen) atoms. The predicted molar refractivity (Wildman–Crippen MR) is 113 cm³/mol. The number of imide groups is 1. The van der Waals surface area contributed by atoms with E-state index in [4.69, 9.17) is 0 Å². The highest BCUT2D eigenvalue weighted by atomic mass is 32.2. The molecule has 3 N–H and O–H groups in total.